The number of aliphatic hydroxyl groups excluding tert-OH is 1. The SMILES string of the molecule is CC(N)c1cccc(C(C)(C)CO)c1.Cl. The van der Waals surface area contributed by atoms with Gasteiger partial charge in [0.1, 0.15) is 0 Å². The molecule has 86 valence electrons. The van der Waals surface area contributed by atoms with Crippen molar-refractivity contribution in [1.82, 2.24) is 0 Å². The fourth-order valence-electron chi connectivity index (χ4n) is 1.33. The first kappa shape index (κ1) is 14.4. The van der Waals surface area contributed by atoms with Crippen molar-refractivity contribution in [2.45, 2.75) is 32.2 Å². The van der Waals surface area contributed by atoms with Crippen molar-refractivity contribution in [3.8, 4) is 0 Å². The third-order valence-electron chi connectivity index (χ3n) is 2.59. The molecule has 1 rings (SSSR count). The van der Waals surface area contributed by atoms with Gasteiger partial charge in [-0.1, -0.05) is 38.1 Å². The number of halogens is 1. The highest BCUT2D eigenvalue weighted by Gasteiger charge is 2.19. The summed E-state index contributed by atoms with van der Waals surface area (Å²) in [6.07, 6.45) is 0. The van der Waals surface area contributed by atoms with Crippen molar-refractivity contribution >= 4 is 12.4 Å². The number of hydrogen-bond acceptors (Lipinski definition) is 2. The third-order valence-corrected chi connectivity index (χ3v) is 2.59. The molecule has 0 amide bonds. The van der Waals surface area contributed by atoms with Crippen molar-refractivity contribution in [1.29, 1.82) is 0 Å². The minimum atomic E-state index is -0.190. The van der Waals surface area contributed by atoms with Crippen LogP contribution in [0.1, 0.15) is 37.9 Å². The van der Waals surface area contributed by atoms with Gasteiger partial charge in [0, 0.05) is 11.5 Å². The largest absolute Gasteiger partial charge is 0.395 e. The maximum atomic E-state index is 9.25. The Labute approximate surface area is 97.9 Å². The van der Waals surface area contributed by atoms with E-state index in [1.165, 1.54) is 0 Å². The Balaban J connectivity index is 0.00000196. The second-order valence-electron chi connectivity index (χ2n) is 4.46. The van der Waals surface area contributed by atoms with Gasteiger partial charge in [-0.25, -0.2) is 0 Å². The van der Waals surface area contributed by atoms with Crippen LogP contribution in [-0.2, 0) is 5.41 Å². The molecule has 2 nitrogen and oxygen atoms in total. The number of benzene rings is 1. The predicted molar refractivity (Wildman–Crippen MR) is 66.4 cm³/mol. The van der Waals surface area contributed by atoms with Gasteiger partial charge >= 0.3 is 0 Å². The highest BCUT2D eigenvalue weighted by atomic mass is 35.5. The third kappa shape index (κ3) is 3.49. The molecule has 0 saturated heterocycles. The van der Waals surface area contributed by atoms with E-state index in [1.807, 2.05) is 39.0 Å². The van der Waals surface area contributed by atoms with Crippen molar-refractivity contribution < 1.29 is 5.11 Å². The van der Waals surface area contributed by atoms with Gasteiger partial charge in [-0.3, -0.25) is 0 Å². The molecular formula is C12H20ClNO. The van der Waals surface area contributed by atoms with Crippen LogP contribution >= 0.6 is 12.4 Å². The first-order valence-corrected chi connectivity index (χ1v) is 4.94. The van der Waals surface area contributed by atoms with Crippen LogP contribution in [0.3, 0.4) is 0 Å². The van der Waals surface area contributed by atoms with Crippen molar-refractivity contribution in [3.63, 3.8) is 0 Å². The van der Waals surface area contributed by atoms with Crippen LogP contribution in [-0.4, -0.2) is 11.7 Å². The summed E-state index contributed by atoms with van der Waals surface area (Å²) >= 11 is 0. The molecule has 3 N–H and O–H groups in total. The van der Waals surface area contributed by atoms with E-state index < -0.39 is 0 Å². The lowest BCUT2D eigenvalue weighted by Crippen LogP contribution is -2.22. The molecule has 1 unspecified atom stereocenters. The lowest BCUT2D eigenvalue weighted by Gasteiger charge is -2.23. The van der Waals surface area contributed by atoms with E-state index in [0.29, 0.717) is 0 Å². The first-order chi connectivity index (χ1) is 6.47. The normalized spacial score (nSPS) is 13.1. The molecule has 0 heterocycles. The molecule has 0 radical (unpaired) electrons. The molecule has 15 heavy (non-hydrogen) atoms. The van der Waals surface area contributed by atoms with Gasteiger partial charge < -0.3 is 10.8 Å². The quantitative estimate of drug-likeness (QED) is 0.836. The highest BCUT2D eigenvalue weighted by Crippen LogP contribution is 2.24. The summed E-state index contributed by atoms with van der Waals surface area (Å²) < 4.78 is 0. The number of nitrogens with two attached hydrogens (primary N) is 1. The second-order valence-corrected chi connectivity index (χ2v) is 4.46. The summed E-state index contributed by atoms with van der Waals surface area (Å²) in [6, 6.07) is 8.15. The van der Waals surface area contributed by atoms with Crippen LogP contribution in [0, 0.1) is 0 Å². The van der Waals surface area contributed by atoms with Crippen molar-refractivity contribution in [2.75, 3.05) is 6.61 Å². The van der Waals surface area contributed by atoms with Crippen LogP contribution < -0.4 is 5.73 Å². The summed E-state index contributed by atoms with van der Waals surface area (Å²) in [5.74, 6) is 0. The van der Waals surface area contributed by atoms with Crippen LogP contribution in [0.5, 0.6) is 0 Å². The molecule has 0 aromatic heterocycles. The second kappa shape index (κ2) is 5.50. The fourth-order valence-corrected chi connectivity index (χ4v) is 1.33. The molecule has 0 aliphatic rings. The zero-order chi connectivity index (χ0) is 10.8. The Morgan fingerprint density at radius 2 is 2.00 bits per heavy atom. The highest BCUT2D eigenvalue weighted by molar-refractivity contribution is 5.85. The smallest absolute Gasteiger partial charge is 0.0522 e. The van der Waals surface area contributed by atoms with Crippen LogP contribution in [0.2, 0.25) is 0 Å². The Kier molecular flexibility index (Phi) is 5.29. The molecule has 1 aromatic rings. The summed E-state index contributed by atoms with van der Waals surface area (Å²) in [7, 11) is 0. The Bertz CT molecular complexity index is 310. The standard InChI is InChI=1S/C12H19NO.ClH/c1-9(13)10-5-4-6-11(7-10)12(2,3)8-14;/h4-7,9,14H,8,13H2,1-3H3;1H. The van der Waals surface area contributed by atoms with E-state index >= 15 is 0 Å². The zero-order valence-corrected chi connectivity index (χ0v) is 10.3. The van der Waals surface area contributed by atoms with Gasteiger partial charge in [-0.05, 0) is 18.1 Å². The molecule has 3 heteroatoms. The lowest BCUT2D eigenvalue weighted by molar-refractivity contribution is 0.218. The average molecular weight is 230 g/mol. The molecular weight excluding hydrogens is 210 g/mol. The van der Waals surface area contributed by atoms with Crippen LogP contribution in [0.4, 0.5) is 0 Å². The van der Waals surface area contributed by atoms with Gasteiger partial charge in [0.15, 0.2) is 0 Å². The van der Waals surface area contributed by atoms with Crippen molar-refractivity contribution in [3.05, 3.63) is 35.4 Å². The van der Waals surface area contributed by atoms with Gasteiger partial charge in [0.25, 0.3) is 0 Å². The predicted octanol–water partition coefficient (Wildman–Crippen LogP) is 2.40. The van der Waals surface area contributed by atoms with Crippen LogP contribution in [0.15, 0.2) is 24.3 Å². The van der Waals surface area contributed by atoms with Crippen LogP contribution in [0.25, 0.3) is 0 Å². The molecule has 0 spiro atoms. The summed E-state index contributed by atoms with van der Waals surface area (Å²) in [5.41, 5.74) is 7.86. The lowest BCUT2D eigenvalue weighted by atomic mass is 9.84. The maximum Gasteiger partial charge on any atom is 0.0522 e. The maximum absolute atomic E-state index is 9.25. The zero-order valence-electron chi connectivity index (χ0n) is 9.53. The molecule has 0 aliphatic carbocycles. The Morgan fingerprint density at radius 1 is 1.40 bits per heavy atom. The van der Waals surface area contributed by atoms with Gasteiger partial charge in [-0.2, -0.15) is 0 Å². The number of rotatable bonds is 3. The summed E-state index contributed by atoms with van der Waals surface area (Å²) in [6.45, 7) is 6.15. The molecule has 1 atom stereocenters. The van der Waals surface area contributed by atoms with E-state index in [1.54, 1.807) is 0 Å². The Hall–Kier alpha value is -0.570. The van der Waals surface area contributed by atoms with Gasteiger partial charge in [0.05, 0.1) is 6.61 Å². The van der Waals surface area contributed by atoms with Gasteiger partial charge in [0.2, 0.25) is 0 Å². The van der Waals surface area contributed by atoms with E-state index in [0.717, 1.165) is 11.1 Å². The van der Waals surface area contributed by atoms with E-state index in [-0.39, 0.29) is 30.5 Å². The molecule has 0 saturated carbocycles. The minimum absolute atomic E-state index is 0. The summed E-state index contributed by atoms with van der Waals surface area (Å²) in [5, 5.41) is 9.25. The molecule has 1 aromatic carbocycles. The molecule has 0 fully saturated rings. The number of aliphatic hydroxyl groups is 1. The van der Waals surface area contributed by atoms with E-state index in [4.69, 9.17) is 5.73 Å². The fraction of sp³-hybridized carbons (Fsp3) is 0.500. The van der Waals surface area contributed by atoms with E-state index in [9.17, 15) is 5.11 Å². The first-order valence-electron chi connectivity index (χ1n) is 4.94. The monoisotopic (exact) mass is 229 g/mol. The summed E-state index contributed by atoms with van der Waals surface area (Å²) in [4.78, 5) is 0. The van der Waals surface area contributed by atoms with Gasteiger partial charge in [-0.15, -0.1) is 12.4 Å². The molecule has 0 bridgehead atoms. The number of hydrogen-bond donors (Lipinski definition) is 2. The minimum Gasteiger partial charge on any atom is -0.395 e. The topological polar surface area (TPSA) is 46.2 Å². The molecule has 0 aliphatic heterocycles. The Morgan fingerprint density at radius 3 is 2.47 bits per heavy atom. The average Bonchev–Trinajstić information content (AvgIpc) is 2.18. The van der Waals surface area contributed by atoms with E-state index in [2.05, 4.69) is 6.07 Å². The van der Waals surface area contributed by atoms with Crippen molar-refractivity contribution in [2.24, 2.45) is 5.73 Å².